The number of hydrogen-bond acceptors (Lipinski definition) is 2. The lowest BCUT2D eigenvalue weighted by molar-refractivity contribution is -0.125. The van der Waals surface area contributed by atoms with Crippen molar-refractivity contribution < 1.29 is 9.18 Å². The van der Waals surface area contributed by atoms with E-state index in [1.54, 1.807) is 25.2 Å². The summed E-state index contributed by atoms with van der Waals surface area (Å²) >= 11 is 0. The van der Waals surface area contributed by atoms with Crippen LogP contribution in [0, 0.1) is 5.82 Å². The van der Waals surface area contributed by atoms with Crippen molar-refractivity contribution in [2.24, 2.45) is 0 Å². The van der Waals surface area contributed by atoms with Crippen LogP contribution in [-0.2, 0) is 4.79 Å². The van der Waals surface area contributed by atoms with Crippen molar-refractivity contribution in [2.75, 3.05) is 18.5 Å². The van der Waals surface area contributed by atoms with E-state index in [1.807, 2.05) is 6.92 Å². The fourth-order valence-electron chi connectivity index (χ4n) is 2.44. The van der Waals surface area contributed by atoms with Crippen LogP contribution < -0.4 is 10.2 Å². The van der Waals surface area contributed by atoms with Gasteiger partial charge in [-0.25, -0.2) is 4.39 Å². The Bertz CT molecular complexity index is 441. The minimum atomic E-state index is -0.574. The normalized spacial score (nSPS) is 23.7. The fraction of sp³-hybridized carbons (Fsp3) is 0.500. The molecule has 1 atom stereocenters. The van der Waals surface area contributed by atoms with Crippen LogP contribution in [0.15, 0.2) is 24.3 Å². The summed E-state index contributed by atoms with van der Waals surface area (Å²) in [6.45, 7) is 2.74. The lowest BCUT2D eigenvalue weighted by atomic mass is 9.89. The summed E-state index contributed by atoms with van der Waals surface area (Å²) in [5.41, 5.74) is -0.244. The Kier molecular flexibility index (Phi) is 3.66. The number of rotatable bonds is 2. The summed E-state index contributed by atoms with van der Waals surface area (Å²) in [6.07, 6.45) is 2.91. The average Bonchev–Trinajstić information content (AvgIpc) is 2.38. The molecule has 1 aromatic rings. The molecule has 1 saturated heterocycles. The van der Waals surface area contributed by atoms with Crippen molar-refractivity contribution in [3.8, 4) is 0 Å². The monoisotopic (exact) mass is 250 g/mol. The van der Waals surface area contributed by atoms with Crippen LogP contribution in [0.1, 0.15) is 26.2 Å². The standard InChI is InChI=1S/C14H19FN2O/c1-14(9-5-6-10-16-14)13(18)17(2)12-8-4-3-7-11(12)15/h3-4,7-8,16H,5-6,9-10H2,1-2H3. The van der Waals surface area contributed by atoms with Gasteiger partial charge in [-0.2, -0.15) is 0 Å². The highest BCUT2D eigenvalue weighted by atomic mass is 19.1. The largest absolute Gasteiger partial charge is 0.311 e. The van der Waals surface area contributed by atoms with Gasteiger partial charge >= 0.3 is 0 Å². The second-order valence-corrected chi connectivity index (χ2v) is 5.03. The first-order valence-corrected chi connectivity index (χ1v) is 6.32. The van der Waals surface area contributed by atoms with Gasteiger partial charge in [-0.05, 0) is 44.9 Å². The van der Waals surface area contributed by atoms with Crippen molar-refractivity contribution in [3.05, 3.63) is 30.1 Å². The summed E-state index contributed by atoms with van der Waals surface area (Å²) < 4.78 is 13.7. The molecule has 0 saturated carbocycles. The van der Waals surface area contributed by atoms with E-state index < -0.39 is 5.54 Å². The van der Waals surface area contributed by atoms with Gasteiger partial charge in [0.2, 0.25) is 5.91 Å². The van der Waals surface area contributed by atoms with Crippen LogP contribution in [0.3, 0.4) is 0 Å². The lowest BCUT2D eigenvalue weighted by Crippen LogP contribution is -2.57. The molecule has 1 aliphatic heterocycles. The summed E-state index contributed by atoms with van der Waals surface area (Å²) in [5, 5.41) is 3.25. The van der Waals surface area contributed by atoms with Crippen LogP contribution >= 0.6 is 0 Å². The van der Waals surface area contributed by atoms with Crippen LogP contribution in [-0.4, -0.2) is 25.0 Å². The SMILES string of the molecule is CN(C(=O)C1(C)CCCCN1)c1ccccc1F. The number of piperidine rings is 1. The van der Waals surface area contributed by atoms with E-state index in [0.29, 0.717) is 5.69 Å². The van der Waals surface area contributed by atoms with E-state index in [0.717, 1.165) is 25.8 Å². The van der Waals surface area contributed by atoms with Crippen LogP contribution in [0.2, 0.25) is 0 Å². The lowest BCUT2D eigenvalue weighted by Gasteiger charge is -2.36. The molecule has 2 rings (SSSR count). The van der Waals surface area contributed by atoms with E-state index in [1.165, 1.54) is 11.0 Å². The molecule has 0 bridgehead atoms. The number of carbonyl (C=O) groups excluding carboxylic acids is 1. The Morgan fingerprint density at radius 3 is 2.72 bits per heavy atom. The first-order chi connectivity index (χ1) is 8.54. The van der Waals surface area contributed by atoms with Gasteiger partial charge in [0.1, 0.15) is 5.82 Å². The quantitative estimate of drug-likeness (QED) is 0.873. The number of hydrogen-bond donors (Lipinski definition) is 1. The summed E-state index contributed by atoms with van der Waals surface area (Å²) in [4.78, 5) is 13.9. The summed E-state index contributed by atoms with van der Waals surface area (Å²) in [6, 6.07) is 6.35. The zero-order chi connectivity index (χ0) is 13.2. The number of benzene rings is 1. The number of halogens is 1. The van der Waals surface area contributed by atoms with E-state index in [4.69, 9.17) is 0 Å². The van der Waals surface area contributed by atoms with E-state index in [2.05, 4.69) is 5.32 Å². The molecule has 1 fully saturated rings. The highest BCUT2D eigenvalue weighted by Crippen LogP contribution is 2.25. The number of nitrogens with one attached hydrogen (secondary N) is 1. The van der Waals surface area contributed by atoms with Gasteiger partial charge in [-0.3, -0.25) is 4.79 Å². The molecule has 0 spiro atoms. The predicted molar refractivity (Wildman–Crippen MR) is 70.1 cm³/mol. The highest BCUT2D eigenvalue weighted by Gasteiger charge is 2.37. The van der Waals surface area contributed by atoms with Gasteiger partial charge in [0, 0.05) is 7.05 Å². The zero-order valence-corrected chi connectivity index (χ0v) is 10.9. The van der Waals surface area contributed by atoms with Crippen LogP contribution in [0.5, 0.6) is 0 Å². The molecule has 1 N–H and O–H groups in total. The van der Waals surface area contributed by atoms with E-state index in [-0.39, 0.29) is 11.7 Å². The topological polar surface area (TPSA) is 32.3 Å². The van der Waals surface area contributed by atoms with Gasteiger partial charge in [0.25, 0.3) is 0 Å². The summed E-state index contributed by atoms with van der Waals surface area (Å²) in [7, 11) is 1.63. The Hall–Kier alpha value is -1.42. The second kappa shape index (κ2) is 5.06. The number of carbonyl (C=O) groups is 1. The third-order valence-corrected chi connectivity index (χ3v) is 3.61. The Labute approximate surface area is 107 Å². The maximum atomic E-state index is 13.7. The third-order valence-electron chi connectivity index (χ3n) is 3.61. The first kappa shape index (κ1) is 13.0. The molecular weight excluding hydrogens is 231 g/mol. The van der Waals surface area contributed by atoms with Gasteiger partial charge in [0.05, 0.1) is 11.2 Å². The minimum absolute atomic E-state index is 0.0766. The van der Waals surface area contributed by atoms with Gasteiger partial charge < -0.3 is 10.2 Å². The van der Waals surface area contributed by atoms with E-state index in [9.17, 15) is 9.18 Å². The molecule has 0 aromatic heterocycles. The molecule has 3 nitrogen and oxygen atoms in total. The third kappa shape index (κ3) is 2.38. The number of para-hydroxylation sites is 1. The molecule has 98 valence electrons. The Balaban J connectivity index is 2.21. The molecule has 1 unspecified atom stereocenters. The first-order valence-electron chi connectivity index (χ1n) is 6.32. The van der Waals surface area contributed by atoms with Crippen LogP contribution in [0.25, 0.3) is 0 Å². The fourth-order valence-corrected chi connectivity index (χ4v) is 2.44. The Morgan fingerprint density at radius 2 is 2.11 bits per heavy atom. The van der Waals surface area contributed by atoms with Gasteiger partial charge in [-0.15, -0.1) is 0 Å². The maximum Gasteiger partial charge on any atom is 0.246 e. The van der Waals surface area contributed by atoms with Gasteiger partial charge in [0.15, 0.2) is 0 Å². The number of anilines is 1. The molecule has 0 aliphatic carbocycles. The minimum Gasteiger partial charge on any atom is -0.311 e. The predicted octanol–water partition coefficient (Wildman–Crippen LogP) is 2.32. The summed E-state index contributed by atoms with van der Waals surface area (Å²) in [5.74, 6) is -0.444. The van der Waals surface area contributed by atoms with Crippen LogP contribution in [0.4, 0.5) is 10.1 Å². The molecule has 1 aliphatic rings. The number of nitrogens with zero attached hydrogens (tertiary/aromatic N) is 1. The van der Waals surface area contributed by atoms with Crippen molar-refractivity contribution in [1.82, 2.24) is 5.32 Å². The van der Waals surface area contributed by atoms with Crippen molar-refractivity contribution >= 4 is 11.6 Å². The molecule has 4 heteroatoms. The molecular formula is C14H19FN2O. The highest BCUT2D eigenvalue weighted by molar-refractivity contribution is 5.99. The zero-order valence-electron chi connectivity index (χ0n) is 10.9. The number of likely N-dealkylation sites (N-methyl/N-ethyl adjacent to an activating group) is 1. The molecule has 1 heterocycles. The molecule has 0 radical (unpaired) electrons. The number of amides is 1. The smallest absolute Gasteiger partial charge is 0.246 e. The molecule has 1 amide bonds. The molecule has 1 aromatic carbocycles. The molecule has 18 heavy (non-hydrogen) atoms. The Morgan fingerprint density at radius 1 is 1.39 bits per heavy atom. The van der Waals surface area contributed by atoms with Gasteiger partial charge in [-0.1, -0.05) is 12.1 Å². The van der Waals surface area contributed by atoms with Crippen molar-refractivity contribution in [3.63, 3.8) is 0 Å². The maximum absolute atomic E-state index is 13.7. The van der Waals surface area contributed by atoms with Crippen molar-refractivity contribution in [2.45, 2.75) is 31.7 Å². The second-order valence-electron chi connectivity index (χ2n) is 5.03. The van der Waals surface area contributed by atoms with E-state index >= 15 is 0 Å². The average molecular weight is 250 g/mol. The van der Waals surface area contributed by atoms with Crippen molar-refractivity contribution in [1.29, 1.82) is 0 Å².